The number of aliphatic hydroxyl groups is 1. The first-order valence-electron chi connectivity index (χ1n) is 6.70. The van der Waals surface area contributed by atoms with Crippen LogP contribution in [0.3, 0.4) is 0 Å². The summed E-state index contributed by atoms with van der Waals surface area (Å²) in [5.74, 6) is 5.08. The summed E-state index contributed by atoms with van der Waals surface area (Å²) in [6, 6.07) is 4.23. The van der Waals surface area contributed by atoms with Crippen LogP contribution >= 0.6 is 11.8 Å². The highest BCUT2D eigenvalue weighted by Crippen LogP contribution is 2.16. The molecule has 1 rings (SSSR count). The number of halogens is 1. The van der Waals surface area contributed by atoms with Gasteiger partial charge in [-0.15, -0.1) is 0 Å². The number of aliphatic hydroxyl groups excluding tert-OH is 1. The summed E-state index contributed by atoms with van der Waals surface area (Å²) >= 11 is 1.66. The molecule has 0 saturated heterocycles. The Kier molecular flexibility index (Phi) is 7.27. The third-order valence-electron chi connectivity index (χ3n) is 3.21. The van der Waals surface area contributed by atoms with E-state index in [9.17, 15) is 9.18 Å². The maximum absolute atomic E-state index is 13.9. The Balaban J connectivity index is 3.05. The molecule has 0 aromatic heterocycles. The van der Waals surface area contributed by atoms with Crippen LogP contribution in [0.25, 0.3) is 0 Å². The summed E-state index contributed by atoms with van der Waals surface area (Å²) < 4.78 is 13.9. The summed E-state index contributed by atoms with van der Waals surface area (Å²) in [5, 5.41) is 8.69. The topological polar surface area (TPSA) is 40.5 Å². The van der Waals surface area contributed by atoms with E-state index in [1.165, 1.54) is 18.2 Å². The van der Waals surface area contributed by atoms with Gasteiger partial charge in [-0.05, 0) is 30.9 Å². The highest BCUT2D eigenvalue weighted by molar-refractivity contribution is 7.98. The molecule has 0 heterocycles. The quantitative estimate of drug-likeness (QED) is 0.849. The SMILES string of the molecule is CCC(CSC)N(C)C(=O)c1cc(C#CCO)ccc1F. The van der Waals surface area contributed by atoms with Gasteiger partial charge in [-0.3, -0.25) is 4.79 Å². The molecule has 1 amide bonds. The molecule has 0 bridgehead atoms. The minimum Gasteiger partial charge on any atom is -0.384 e. The van der Waals surface area contributed by atoms with Crippen molar-refractivity contribution >= 4 is 17.7 Å². The summed E-state index contributed by atoms with van der Waals surface area (Å²) in [6.45, 7) is 1.73. The lowest BCUT2D eigenvalue weighted by molar-refractivity contribution is 0.0739. The minimum atomic E-state index is -0.555. The first-order valence-corrected chi connectivity index (χ1v) is 8.09. The summed E-state index contributed by atoms with van der Waals surface area (Å²) in [7, 11) is 1.69. The van der Waals surface area contributed by atoms with Crippen LogP contribution < -0.4 is 0 Å². The Labute approximate surface area is 129 Å². The number of carbonyl (C=O) groups is 1. The minimum absolute atomic E-state index is 0.0155. The number of hydrogen-bond donors (Lipinski definition) is 1. The number of nitrogens with zero attached hydrogens (tertiary/aromatic N) is 1. The molecule has 1 atom stereocenters. The molecule has 114 valence electrons. The van der Waals surface area contributed by atoms with E-state index in [0.717, 1.165) is 12.2 Å². The molecule has 3 nitrogen and oxygen atoms in total. The van der Waals surface area contributed by atoms with Crippen molar-refractivity contribution in [1.29, 1.82) is 0 Å². The zero-order valence-corrected chi connectivity index (χ0v) is 13.3. The molecule has 1 N–H and O–H groups in total. The maximum Gasteiger partial charge on any atom is 0.256 e. The van der Waals surface area contributed by atoms with Gasteiger partial charge in [0.2, 0.25) is 0 Å². The first kappa shape index (κ1) is 17.5. The van der Waals surface area contributed by atoms with Crippen LogP contribution in [0.15, 0.2) is 18.2 Å². The van der Waals surface area contributed by atoms with Gasteiger partial charge in [0.15, 0.2) is 0 Å². The van der Waals surface area contributed by atoms with E-state index in [1.54, 1.807) is 23.7 Å². The van der Waals surface area contributed by atoms with Gasteiger partial charge in [0.25, 0.3) is 5.91 Å². The molecule has 0 radical (unpaired) electrons. The van der Waals surface area contributed by atoms with E-state index in [1.807, 2.05) is 13.2 Å². The lowest BCUT2D eigenvalue weighted by Gasteiger charge is -2.27. The van der Waals surface area contributed by atoms with Gasteiger partial charge in [0.05, 0.1) is 5.56 Å². The summed E-state index contributed by atoms with van der Waals surface area (Å²) in [5.41, 5.74) is 0.530. The number of hydrogen-bond acceptors (Lipinski definition) is 3. The number of benzene rings is 1. The third-order valence-corrected chi connectivity index (χ3v) is 3.93. The lowest BCUT2D eigenvalue weighted by Crippen LogP contribution is -2.38. The van der Waals surface area contributed by atoms with Gasteiger partial charge in [-0.2, -0.15) is 11.8 Å². The molecule has 1 unspecified atom stereocenters. The van der Waals surface area contributed by atoms with Crippen molar-refractivity contribution < 1.29 is 14.3 Å². The van der Waals surface area contributed by atoms with E-state index in [0.29, 0.717) is 5.56 Å². The molecular formula is C16H20FNO2S. The zero-order chi connectivity index (χ0) is 15.8. The Bertz CT molecular complexity index is 551. The Morgan fingerprint density at radius 3 is 2.81 bits per heavy atom. The largest absolute Gasteiger partial charge is 0.384 e. The van der Waals surface area contributed by atoms with E-state index in [2.05, 4.69) is 11.8 Å². The molecule has 0 aliphatic carbocycles. The summed E-state index contributed by atoms with van der Waals surface area (Å²) in [6.07, 6.45) is 2.79. The standard InChI is InChI=1S/C16H20FNO2S/c1-4-13(11-21-3)18(2)16(20)14-10-12(6-5-9-19)7-8-15(14)17/h7-8,10,13,19H,4,9,11H2,1-3H3. The fourth-order valence-corrected chi connectivity index (χ4v) is 2.80. The lowest BCUT2D eigenvalue weighted by atomic mass is 10.1. The zero-order valence-electron chi connectivity index (χ0n) is 12.5. The molecule has 0 fully saturated rings. The molecule has 21 heavy (non-hydrogen) atoms. The highest BCUT2D eigenvalue weighted by Gasteiger charge is 2.22. The molecule has 0 spiro atoms. The number of rotatable bonds is 5. The van der Waals surface area contributed by atoms with Crippen molar-refractivity contribution in [1.82, 2.24) is 4.90 Å². The van der Waals surface area contributed by atoms with Crippen molar-refractivity contribution in [3.63, 3.8) is 0 Å². The van der Waals surface area contributed by atoms with Crippen LogP contribution in [0.4, 0.5) is 4.39 Å². The molecule has 0 aliphatic heterocycles. The second-order valence-corrected chi connectivity index (χ2v) is 5.50. The van der Waals surface area contributed by atoms with Crippen molar-refractivity contribution in [3.05, 3.63) is 35.1 Å². The van der Waals surface area contributed by atoms with E-state index < -0.39 is 5.82 Å². The highest BCUT2D eigenvalue weighted by atomic mass is 32.2. The molecule has 5 heteroatoms. The fourth-order valence-electron chi connectivity index (χ4n) is 1.96. The van der Waals surface area contributed by atoms with E-state index in [4.69, 9.17) is 5.11 Å². The second kappa shape index (κ2) is 8.71. The van der Waals surface area contributed by atoms with Gasteiger partial charge >= 0.3 is 0 Å². The maximum atomic E-state index is 13.9. The Morgan fingerprint density at radius 1 is 1.52 bits per heavy atom. The Morgan fingerprint density at radius 2 is 2.24 bits per heavy atom. The number of amides is 1. The predicted octanol–water partition coefficient (Wildman–Crippen LogP) is 2.38. The van der Waals surface area contributed by atoms with Crippen molar-refractivity contribution in [3.8, 4) is 11.8 Å². The van der Waals surface area contributed by atoms with Crippen molar-refractivity contribution in [2.45, 2.75) is 19.4 Å². The van der Waals surface area contributed by atoms with E-state index in [-0.39, 0.29) is 24.1 Å². The molecule has 0 aliphatic rings. The smallest absolute Gasteiger partial charge is 0.256 e. The first-order chi connectivity index (χ1) is 10.0. The van der Waals surface area contributed by atoms with Crippen LogP contribution in [0, 0.1) is 17.7 Å². The molecule has 1 aromatic rings. The van der Waals surface area contributed by atoms with Gasteiger partial charge in [0, 0.05) is 24.4 Å². The third kappa shape index (κ3) is 4.76. The van der Waals surface area contributed by atoms with Crippen LogP contribution in [0.5, 0.6) is 0 Å². The average molecular weight is 309 g/mol. The van der Waals surface area contributed by atoms with Crippen LogP contribution in [-0.2, 0) is 0 Å². The predicted molar refractivity (Wildman–Crippen MR) is 84.9 cm³/mol. The monoisotopic (exact) mass is 309 g/mol. The Hall–Kier alpha value is -1.51. The van der Waals surface area contributed by atoms with Crippen LogP contribution in [0.2, 0.25) is 0 Å². The molecule has 1 aromatic carbocycles. The van der Waals surface area contributed by atoms with Crippen LogP contribution in [-0.4, -0.2) is 47.6 Å². The van der Waals surface area contributed by atoms with Gasteiger partial charge in [-0.1, -0.05) is 18.8 Å². The molecule has 0 saturated carbocycles. The fraction of sp³-hybridized carbons (Fsp3) is 0.438. The van der Waals surface area contributed by atoms with Crippen molar-refractivity contribution in [2.24, 2.45) is 0 Å². The van der Waals surface area contributed by atoms with Crippen LogP contribution in [0.1, 0.15) is 29.3 Å². The summed E-state index contributed by atoms with van der Waals surface area (Å²) in [4.78, 5) is 14.0. The van der Waals surface area contributed by atoms with Gasteiger partial charge < -0.3 is 10.0 Å². The van der Waals surface area contributed by atoms with Gasteiger partial charge in [0.1, 0.15) is 12.4 Å². The van der Waals surface area contributed by atoms with Gasteiger partial charge in [-0.25, -0.2) is 4.39 Å². The number of thioether (sulfide) groups is 1. The van der Waals surface area contributed by atoms with Crippen molar-refractivity contribution in [2.75, 3.05) is 25.7 Å². The molecular weight excluding hydrogens is 289 g/mol. The normalized spacial score (nSPS) is 11.5. The van der Waals surface area contributed by atoms with E-state index >= 15 is 0 Å². The number of carbonyl (C=O) groups excluding carboxylic acids is 1. The average Bonchev–Trinajstić information content (AvgIpc) is 2.50. The second-order valence-electron chi connectivity index (χ2n) is 4.59.